The number of carbonyl (C=O) groups excluding carboxylic acids is 3. The number of ketones is 1. The van der Waals surface area contributed by atoms with Crippen molar-refractivity contribution in [3.05, 3.63) is 23.8 Å². The summed E-state index contributed by atoms with van der Waals surface area (Å²) in [7, 11) is 0. The van der Waals surface area contributed by atoms with Gasteiger partial charge in [-0.05, 0) is 24.6 Å². The molecule has 0 spiro atoms. The summed E-state index contributed by atoms with van der Waals surface area (Å²) in [5.74, 6) is -0.945. The second-order valence-electron chi connectivity index (χ2n) is 5.36. The van der Waals surface area contributed by atoms with Gasteiger partial charge in [-0.1, -0.05) is 0 Å². The van der Waals surface area contributed by atoms with Crippen molar-refractivity contribution in [2.75, 3.05) is 36.4 Å². The highest BCUT2D eigenvalue weighted by Gasteiger charge is 2.28. The standard InChI is InChI=1S/C15H17N3O3/c1-10(19)17-5-2-6-18(8-7-17)11-3-4-12-13(9-11)16-15(21)14(12)20/h3-4,9H,2,5-8H2,1H3,(H,16,20,21). The summed E-state index contributed by atoms with van der Waals surface area (Å²) < 4.78 is 0. The van der Waals surface area contributed by atoms with Gasteiger partial charge in [-0.15, -0.1) is 0 Å². The van der Waals surface area contributed by atoms with Crippen molar-refractivity contribution in [1.82, 2.24) is 4.90 Å². The SMILES string of the molecule is CC(=O)N1CCCN(c2ccc3c(c2)NC(=O)C3=O)CC1. The quantitative estimate of drug-likeness (QED) is 0.778. The van der Waals surface area contributed by atoms with Crippen molar-refractivity contribution >= 4 is 29.0 Å². The molecule has 1 aromatic carbocycles. The maximum absolute atomic E-state index is 11.6. The van der Waals surface area contributed by atoms with Crippen LogP contribution in [0.3, 0.4) is 0 Å². The van der Waals surface area contributed by atoms with E-state index in [1.165, 1.54) is 0 Å². The Hall–Kier alpha value is -2.37. The lowest BCUT2D eigenvalue weighted by Crippen LogP contribution is -2.33. The molecule has 2 aliphatic heterocycles. The van der Waals surface area contributed by atoms with Crippen LogP contribution in [0.5, 0.6) is 0 Å². The molecular weight excluding hydrogens is 270 g/mol. The fraction of sp³-hybridized carbons (Fsp3) is 0.400. The predicted octanol–water partition coefficient (Wildman–Crippen LogP) is 0.880. The van der Waals surface area contributed by atoms with Crippen LogP contribution in [0.15, 0.2) is 18.2 Å². The Morgan fingerprint density at radius 1 is 1.14 bits per heavy atom. The summed E-state index contributed by atoms with van der Waals surface area (Å²) in [6.07, 6.45) is 0.905. The molecule has 2 aliphatic rings. The lowest BCUT2D eigenvalue weighted by Gasteiger charge is -2.23. The van der Waals surface area contributed by atoms with E-state index in [9.17, 15) is 14.4 Å². The van der Waals surface area contributed by atoms with Gasteiger partial charge in [0.05, 0.1) is 11.3 Å². The number of carbonyl (C=O) groups is 3. The minimum absolute atomic E-state index is 0.101. The lowest BCUT2D eigenvalue weighted by atomic mass is 10.1. The molecule has 6 nitrogen and oxygen atoms in total. The van der Waals surface area contributed by atoms with Crippen LogP contribution in [0.4, 0.5) is 11.4 Å². The number of rotatable bonds is 1. The molecular formula is C15H17N3O3. The number of hydrogen-bond donors (Lipinski definition) is 1. The first-order valence-corrected chi connectivity index (χ1v) is 7.06. The van der Waals surface area contributed by atoms with E-state index in [2.05, 4.69) is 10.2 Å². The van der Waals surface area contributed by atoms with Gasteiger partial charge in [0.2, 0.25) is 5.91 Å². The van der Waals surface area contributed by atoms with Crippen LogP contribution in [0.25, 0.3) is 0 Å². The first-order chi connectivity index (χ1) is 10.1. The first-order valence-electron chi connectivity index (χ1n) is 7.06. The van der Waals surface area contributed by atoms with Crippen LogP contribution < -0.4 is 10.2 Å². The molecule has 6 heteroatoms. The lowest BCUT2D eigenvalue weighted by molar-refractivity contribution is -0.128. The van der Waals surface area contributed by atoms with Crippen molar-refractivity contribution in [2.45, 2.75) is 13.3 Å². The molecule has 2 amide bonds. The third kappa shape index (κ3) is 2.49. The van der Waals surface area contributed by atoms with E-state index in [0.717, 1.165) is 31.7 Å². The Balaban J connectivity index is 1.79. The van der Waals surface area contributed by atoms with Crippen molar-refractivity contribution in [3.63, 3.8) is 0 Å². The zero-order valence-electron chi connectivity index (χ0n) is 11.9. The van der Waals surface area contributed by atoms with E-state index < -0.39 is 11.7 Å². The monoisotopic (exact) mass is 287 g/mol. The minimum atomic E-state index is -0.569. The number of nitrogens with one attached hydrogen (secondary N) is 1. The van der Waals surface area contributed by atoms with Gasteiger partial charge in [0.15, 0.2) is 0 Å². The zero-order valence-corrected chi connectivity index (χ0v) is 11.9. The van der Waals surface area contributed by atoms with E-state index in [1.807, 2.05) is 17.0 Å². The minimum Gasteiger partial charge on any atom is -0.370 e. The molecule has 21 heavy (non-hydrogen) atoms. The molecule has 0 radical (unpaired) electrons. The molecule has 0 aliphatic carbocycles. The molecule has 0 bridgehead atoms. The summed E-state index contributed by atoms with van der Waals surface area (Å²) in [5.41, 5.74) is 1.98. The molecule has 1 saturated heterocycles. The van der Waals surface area contributed by atoms with Gasteiger partial charge in [-0.25, -0.2) is 0 Å². The smallest absolute Gasteiger partial charge is 0.296 e. The molecule has 0 atom stereocenters. The van der Waals surface area contributed by atoms with Crippen molar-refractivity contribution in [2.24, 2.45) is 0 Å². The van der Waals surface area contributed by atoms with Gasteiger partial charge in [-0.3, -0.25) is 14.4 Å². The van der Waals surface area contributed by atoms with Gasteiger partial charge in [0.1, 0.15) is 0 Å². The van der Waals surface area contributed by atoms with Crippen LogP contribution in [-0.4, -0.2) is 48.7 Å². The first kappa shape index (κ1) is 13.6. The third-order valence-electron chi connectivity index (χ3n) is 4.01. The number of nitrogens with zero attached hydrogens (tertiary/aromatic N) is 2. The highest BCUT2D eigenvalue weighted by Crippen LogP contribution is 2.28. The van der Waals surface area contributed by atoms with Crippen LogP contribution in [0, 0.1) is 0 Å². The number of anilines is 2. The summed E-state index contributed by atoms with van der Waals surface area (Å²) in [4.78, 5) is 38.4. The third-order valence-corrected chi connectivity index (χ3v) is 4.01. The summed E-state index contributed by atoms with van der Waals surface area (Å²) in [5, 5.41) is 2.59. The molecule has 1 N–H and O–H groups in total. The van der Waals surface area contributed by atoms with Crippen molar-refractivity contribution in [3.8, 4) is 0 Å². The summed E-state index contributed by atoms with van der Waals surface area (Å²) >= 11 is 0. The number of hydrogen-bond acceptors (Lipinski definition) is 4. The summed E-state index contributed by atoms with van der Waals surface area (Å²) in [6, 6.07) is 5.39. The van der Waals surface area contributed by atoms with Crippen LogP contribution in [-0.2, 0) is 9.59 Å². The van der Waals surface area contributed by atoms with Crippen LogP contribution >= 0.6 is 0 Å². The zero-order chi connectivity index (χ0) is 15.0. The largest absolute Gasteiger partial charge is 0.370 e. The van der Waals surface area contributed by atoms with E-state index in [-0.39, 0.29) is 5.91 Å². The molecule has 2 heterocycles. The van der Waals surface area contributed by atoms with Gasteiger partial charge in [-0.2, -0.15) is 0 Å². The fourth-order valence-corrected chi connectivity index (χ4v) is 2.82. The normalized spacial score (nSPS) is 18.3. The Labute approximate surface area is 122 Å². The fourth-order valence-electron chi connectivity index (χ4n) is 2.82. The molecule has 0 unspecified atom stereocenters. The van der Waals surface area contributed by atoms with Gasteiger partial charge >= 0.3 is 0 Å². The van der Waals surface area contributed by atoms with E-state index in [1.54, 1.807) is 13.0 Å². The highest BCUT2D eigenvalue weighted by atomic mass is 16.2. The second kappa shape index (κ2) is 5.20. The average Bonchev–Trinajstić information content (AvgIpc) is 2.67. The predicted molar refractivity (Wildman–Crippen MR) is 78.5 cm³/mol. The van der Waals surface area contributed by atoms with Crippen LogP contribution in [0.2, 0.25) is 0 Å². The Morgan fingerprint density at radius 3 is 2.71 bits per heavy atom. The summed E-state index contributed by atoms with van der Waals surface area (Å²) in [6.45, 7) is 4.65. The van der Waals surface area contributed by atoms with Gasteiger partial charge in [0, 0.05) is 38.8 Å². The topological polar surface area (TPSA) is 69.7 Å². The Morgan fingerprint density at radius 2 is 1.95 bits per heavy atom. The molecule has 0 saturated carbocycles. The number of benzene rings is 1. The van der Waals surface area contributed by atoms with Gasteiger partial charge in [0.25, 0.3) is 11.7 Å². The molecule has 110 valence electrons. The highest BCUT2D eigenvalue weighted by molar-refractivity contribution is 6.51. The Kier molecular flexibility index (Phi) is 3.37. The molecule has 1 aromatic rings. The number of Topliss-reactive ketones (excluding diaryl/α,β-unsaturated/α-hetero) is 1. The van der Waals surface area contributed by atoms with E-state index >= 15 is 0 Å². The number of amides is 2. The molecule has 0 aromatic heterocycles. The average molecular weight is 287 g/mol. The van der Waals surface area contributed by atoms with E-state index in [0.29, 0.717) is 17.8 Å². The van der Waals surface area contributed by atoms with Crippen molar-refractivity contribution < 1.29 is 14.4 Å². The maximum Gasteiger partial charge on any atom is 0.296 e. The second-order valence-corrected chi connectivity index (χ2v) is 5.36. The van der Waals surface area contributed by atoms with Crippen LogP contribution in [0.1, 0.15) is 23.7 Å². The Bertz CT molecular complexity index is 627. The number of fused-ring (bicyclic) bond motifs is 1. The maximum atomic E-state index is 11.6. The van der Waals surface area contributed by atoms with Crippen molar-refractivity contribution in [1.29, 1.82) is 0 Å². The molecule has 1 fully saturated rings. The van der Waals surface area contributed by atoms with Gasteiger partial charge < -0.3 is 15.1 Å². The van der Waals surface area contributed by atoms with E-state index in [4.69, 9.17) is 0 Å². The molecule has 3 rings (SSSR count).